The number of aromatic amines is 1. The van der Waals surface area contributed by atoms with E-state index in [-0.39, 0.29) is 0 Å². The van der Waals surface area contributed by atoms with Gasteiger partial charge in [-0.25, -0.2) is 0 Å². The van der Waals surface area contributed by atoms with Gasteiger partial charge >= 0.3 is 0 Å². The molecule has 1 aliphatic rings. The molecule has 14 heavy (non-hydrogen) atoms. The van der Waals surface area contributed by atoms with E-state index in [4.69, 9.17) is 4.74 Å². The Morgan fingerprint density at radius 3 is 2.71 bits per heavy atom. The van der Waals surface area contributed by atoms with Gasteiger partial charge < -0.3 is 4.74 Å². The van der Waals surface area contributed by atoms with Gasteiger partial charge in [0.1, 0.15) is 0 Å². The Morgan fingerprint density at radius 1 is 1.43 bits per heavy atom. The zero-order valence-corrected chi connectivity index (χ0v) is 8.92. The molecule has 1 fully saturated rings. The summed E-state index contributed by atoms with van der Waals surface area (Å²) in [6, 6.07) is 2.21. The fourth-order valence-corrected chi connectivity index (χ4v) is 1.87. The Hall–Kier alpha value is -0.830. The molecule has 1 aromatic heterocycles. The van der Waals surface area contributed by atoms with Crippen LogP contribution in [-0.4, -0.2) is 23.4 Å². The third kappa shape index (κ3) is 1.98. The predicted molar refractivity (Wildman–Crippen MR) is 55.5 cm³/mol. The maximum Gasteiger partial charge on any atom is 0.0650 e. The fraction of sp³-hybridized carbons (Fsp3) is 0.727. The Bertz CT molecular complexity index is 287. The zero-order valence-electron chi connectivity index (χ0n) is 8.92. The number of aromatic nitrogens is 2. The van der Waals surface area contributed by atoms with E-state index in [9.17, 15) is 0 Å². The van der Waals surface area contributed by atoms with E-state index < -0.39 is 0 Å². The summed E-state index contributed by atoms with van der Waals surface area (Å²) in [6.45, 7) is 6.12. The first-order valence-electron chi connectivity index (χ1n) is 5.40. The largest absolute Gasteiger partial charge is 0.381 e. The van der Waals surface area contributed by atoms with Crippen molar-refractivity contribution in [2.24, 2.45) is 0 Å². The number of rotatable bonds is 2. The molecule has 3 nitrogen and oxygen atoms in total. The summed E-state index contributed by atoms with van der Waals surface area (Å²) in [4.78, 5) is 0. The van der Waals surface area contributed by atoms with Crippen LogP contribution in [0.15, 0.2) is 6.07 Å². The van der Waals surface area contributed by atoms with Crippen LogP contribution in [-0.2, 0) is 4.74 Å². The predicted octanol–water partition coefficient (Wildman–Crippen LogP) is 2.43. The van der Waals surface area contributed by atoms with Crippen LogP contribution < -0.4 is 0 Å². The number of ether oxygens (including phenoxy) is 1. The molecule has 0 atom stereocenters. The van der Waals surface area contributed by atoms with Crippen LogP contribution in [0, 0.1) is 0 Å². The normalized spacial score (nSPS) is 19.1. The summed E-state index contributed by atoms with van der Waals surface area (Å²) in [7, 11) is 0. The Morgan fingerprint density at radius 2 is 2.14 bits per heavy atom. The Labute approximate surface area is 84.9 Å². The van der Waals surface area contributed by atoms with Crippen molar-refractivity contribution in [3.8, 4) is 0 Å². The highest BCUT2D eigenvalue weighted by Crippen LogP contribution is 2.26. The van der Waals surface area contributed by atoms with Crippen molar-refractivity contribution in [2.45, 2.75) is 38.5 Å². The van der Waals surface area contributed by atoms with Gasteiger partial charge in [-0.05, 0) is 24.8 Å². The third-order valence-electron chi connectivity index (χ3n) is 2.87. The molecule has 0 amide bonds. The van der Waals surface area contributed by atoms with Crippen molar-refractivity contribution in [1.29, 1.82) is 0 Å². The average molecular weight is 194 g/mol. The molecule has 2 heterocycles. The van der Waals surface area contributed by atoms with Crippen molar-refractivity contribution < 1.29 is 4.74 Å². The molecule has 1 aliphatic heterocycles. The quantitative estimate of drug-likeness (QED) is 0.785. The molecule has 1 aromatic rings. The summed E-state index contributed by atoms with van der Waals surface area (Å²) in [5.74, 6) is 1.14. The lowest BCUT2D eigenvalue weighted by molar-refractivity contribution is 0.0845. The molecule has 0 bridgehead atoms. The highest BCUT2D eigenvalue weighted by molar-refractivity contribution is 5.15. The van der Waals surface area contributed by atoms with Crippen LogP contribution in [0.4, 0.5) is 0 Å². The molecule has 0 radical (unpaired) electrons. The summed E-state index contributed by atoms with van der Waals surface area (Å²) in [5.41, 5.74) is 2.46. The maximum atomic E-state index is 5.34. The molecule has 3 heteroatoms. The summed E-state index contributed by atoms with van der Waals surface area (Å²) in [5, 5.41) is 7.48. The molecular weight excluding hydrogens is 176 g/mol. The Balaban J connectivity index is 2.07. The minimum absolute atomic E-state index is 0.514. The SMILES string of the molecule is CC(C)c1cc(C2CCOCC2)[nH]n1. The number of nitrogens with zero attached hydrogens (tertiary/aromatic N) is 1. The fourth-order valence-electron chi connectivity index (χ4n) is 1.87. The second kappa shape index (κ2) is 4.13. The van der Waals surface area contributed by atoms with Gasteiger partial charge in [-0.1, -0.05) is 13.8 Å². The van der Waals surface area contributed by atoms with Crippen LogP contribution >= 0.6 is 0 Å². The van der Waals surface area contributed by atoms with Gasteiger partial charge in [0, 0.05) is 24.8 Å². The lowest BCUT2D eigenvalue weighted by atomic mass is 9.96. The zero-order chi connectivity index (χ0) is 9.97. The van der Waals surface area contributed by atoms with Gasteiger partial charge in [-0.3, -0.25) is 5.10 Å². The number of nitrogens with one attached hydrogen (secondary N) is 1. The second-order valence-corrected chi connectivity index (χ2v) is 4.29. The minimum atomic E-state index is 0.514. The highest BCUT2D eigenvalue weighted by atomic mass is 16.5. The van der Waals surface area contributed by atoms with Crippen molar-refractivity contribution in [2.75, 3.05) is 13.2 Å². The van der Waals surface area contributed by atoms with Crippen molar-refractivity contribution in [1.82, 2.24) is 10.2 Å². The average Bonchev–Trinajstić information content (AvgIpc) is 2.68. The molecule has 0 spiro atoms. The van der Waals surface area contributed by atoms with E-state index in [1.54, 1.807) is 0 Å². The maximum absolute atomic E-state index is 5.34. The van der Waals surface area contributed by atoms with Crippen molar-refractivity contribution in [3.63, 3.8) is 0 Å². The van der Waals surface area contributed by atoms with Gasteiger partial charge in [0.15, 0.2) is 0 Å². The molecule has 1 saturated heterocycles. The van der Waals surface area contributed by atoms with Crippen LogP contribution in [0.25, 0.3) is 0 Å². The van der Waals surface area contributed by atoms with E-state index >= 15 is 0 Å². The standard InChI is InChI=1S/C11H18N2O/c1-8(2)10-7-11(13-12-10)9-3-5-14-6-4-9/h7-9H,3-6H2,1-2H3,(H,12,13). The third-order valence-corrected chi connectivity index (χ3v) is 2.87. The van der Waals surface area contributed by atoms with Crippen molar-refractivity contribution in [3.05, 3.63) is 17.5 Å². The minimum Gasteiger partial charge on any atom is -0.381 e. The number of hydrogen-bond acceptors (Lipinski definition) is 2. The van der Waals surface area contributed by atoms with Gasteiger partial charge in [0.05, 0.1) is 5.69 Å². The van der Waals surface area contributed by atoms with E-state index in [1.165, 1.54) is 11.4 Å². The summed E-state index contributed by atoms with van der Waals surface area (Å²) >= 11 is 0. The van der Waals surface area contributed by atoms with Gasteiger partial charge in [0.25, 0.3) is 0 Å². The molecule has 0 unspecified atom stereocenters. The van der Waals surface area contributed by atoms with Crippen LogP contribution in [0.5, 0.6) is 0 Å². The molecule has 0 saturated carbocycles. The van der Waals surface area contributed by atoms with E-state index in [1.807, 2.05) is 0 Å². The smallest absolute Gasteiger partial charge is 0.0650 e. The lowest BCUT2D eigenvalue weighted by Gasteiger charge is -2.20. The van der Waals surface area contributed by atoms with Gasteiger partial charge in [-0.2, -0.15) is 5.10 Å². The van der Waals surface area contributed by atoms with Crippen LogP contribution in [0.1, 0.15) is 49.9 Å². The number of H-pyrrole nitrogens is 1. The molecule has 2 rings (SSSR count). The molecule has 0 aliphatic carbocycles. The summed E-state index contributed by atoms with van der Waals surface area (Å²) < 4.78 is 5.34. The van der Waals surface area contributed by atoms with E-state index in [0.29, 0.717) is 11.8 Å². The molecule has 1 N–H and O–H groups in total. The van der Waals surface area contributed by atoms with E-state index in [2.05, 4.69) is 30.1 Å². The number of hydrogen-bond donors (Lipinski definition) is 1. The van der Waals surface area contributed by atoms with Crippen LogP contribution in [0.2, 0.25) is 0 Å². The monoisotopic (exact) mass is 194 g/mol. The van der Waals surface area contributed by atoms with Crippen molar-refractivity contribution >= 4 is 0 Å². The summed E-state index contributed by atoms with van der Waals surface area (Å²) in [6.07, 6.45) is 2.25. The highest BCUT2D eigenvalue weighted by Gasteiger charge is 2.18. The van der Waals surface area contributed by atoms with Crippen LogP contribution in [0.3, 0.4) is 0 Å². The molecule has 0 aromatic carbocycles. The first-order valence-corrected chi connectivity index (χ1v) is 5.40. The molecule has 78 valence electrons. The van der Waals surface area contributed by atoms with Gasteiger partial charge in [-0.15, -0.1) is 0 Å². The first-order chi connectivity index (χ1) is 6.77. The first kappa shape index (κ1) is 9.71. The van der Waals surface area contributed by atoms with Gasteiger partial charge in [0.2, 0.25) is 0 Å². The Kier molecular flexibility index (Phi) is 2.87. The molecular formula is C11H18N2O. The topological polar surface area (TPSA) is 37.9 Å². The second-order valence-electron chi connectivity index (χ2n) is 4.29. The van der Waals surface area contributed by atoms with E-state index in [0.717, 1.165) is 26.1 Å². The lowest BCUT2D eigenvalue weighted by Crippen LogP contribution is -2.14.